The molecule has 2 rings (SSSR count). The van der Waals surface area contributed by atoms with Gasteiger partial charge in [-0.25, -0.2) is 14.4 Å². The third-order valence-electron chi connectivity index (χ3n) is 2.19. The average molecular weight is 307 g/mol. The van der Waals surface area contributed by atoms with Crippen LogP contribution in [-0.4, -0.2) is 9.97 Å². The second-order valence-corrected chi connectivity index (χ2v) is 4.19. The van der Waals surface area contributed by atoms with Crippen LogP contribution < -0.4 is 11.1 Å². The van der Waals surface area contributed by atoms with Crippen molar-refractivity contribution in [1.29, 1.82) is 0 Å². The second kappa shape index (κ2) is 5.12. The Morgan fingerprint density at radius 2 is 1.85 bits per heavy atom. The minimum atomic E-state index is -4.75. The topological polar surface area (TPSA) is 63.8 Å². The van der Waals surface area contributed by atoms with Crippen LogP contribution in [0.5, 0.6) is 0 Å². The van der Waals surface area contributed by atoms with E-state index >= 15 is 0 Å². The normalized spacial score (nSPS) is 11.4. The van der Waals surface area contributed by atoms with Crippen molar-refractivity contribution in [3.05, 3.63) is 40.9 Å². The molecule has 0 aliphatic heterocycles. The van der Waals surface area contributed by atoms with Crippen molar-refractivity contribution in [2.24, 2.45) is 0 Å². The van der Waals surface area contributed by atoms with E-state index in [1.807, 2.05) is 0 Å². The van der Waals surface area contributed by atoms with E-state index < -0.39 is 23.6 Å². The first-order chi connectivity index (χ1) is 9.25. The lowest BCUT2D eigenvalue weighted by Crippen LogP contribution is -2.13. The number of rotatable bonds is 2. The standard InChI is InChI=1S/C11H7ClF4N4/c12-5-1-2-6(13)7(3-5)18-9-4-8(17)19-10(20-9)11(14,15)16/h1-4H,(H3,17,18,19,20). The first kappa shape index (κ1) is 14.3. The maximum Gasteiger partial charge on any atom is 0.451 e. The number of nitrogens with two attached hydrogens (primary N) is 1. The molecule has 4 nitrogen and oxygen atoms in total. The SMILES string of the molecule is Nc1cc(Nc2cc(Cl)ccc2F)nc(C(F)(F)F)n1. The van der Waals surface area contributed by atoms with Gasteiger partial charge in [0, 0.05) is 11.1 Å². The minimum absolute atomic E-state index is 0.122. The molecule has 1 aromatic heterocycles. The molecule has 0 saturated carbocycles. The number of nitrogens with zero attached hydrogens (tertiary/aromatic N) is 2. The van der Waals surface area contributed by atoms with Gasteiger partial charge in [0.1, 0.15) is 17.5 Å². The number of nitrogen functional groups attached to an aromatic ring is 1. The smallest absolute Gasteiger partial charge is 0.384 e. The average Bonchev–Trinajstić information content (AvgIpc) is 2.32. The Kier molecular flexibility index (Phi) is 3.67. The molecule has 0 unspecified atom stereocenters. The van der Waals surface area contributed by atoms with Gasteiger partial charge in [-0.2, -0.15) is 13.2 Å². The number of hydrogen-bond acceptors (Lipinski definition) is 4. The molecule has 106 valence electrons. The van der Waals surface area contributed by atoms with Crippen LogP contribution in [0.25, 0.3) is 0 Å². The number of halogens is 5. The van der Waals surface area contributed by atoms with E-state index in [0.717, 1.165) is 12.1 Å². The van der Waals surface area contributed by atoms with E-state index in [9.17, 15) is 17.6 Å². The summed E-state index contributed by atoms with van der Waals surface area (Å²) < 4.78 is 51.1. The van der Waals surface area contributed by atoms with Gasteiger partial charge in [-0.05, 0) is 18.2 Å². The van der Waals surface area contributed by atoms with Gasteiger partial charge in [0.15, 0.2) is 0 Å². The van der Waals surface area contributed by atoms with Gasteiger partial charge in [0.05, 0.1) is 5.69 Å². The highest BCUT2D eigenvalue weighted by Gasteiger charge is 2.35. The van der Waals surface area contributed by atoms with Gasteiger partial charge in [0.2, 0.25) is 5.82 Å². The first-order valence-corrected chi connectivity index (χ1v) is 5.57. The summed E-state index contributed by atoms with van der Waals surface area (Å²) in [5.74, 6) is -2.79. The maximum absolute atomic E-state index is 13.5. The van der Waals surface area contributed by atoms with E-state index in [-0.39, 0.29) is 16.5 Å². The van der Waals surface area contributed by atoms with Gasteiger partial charge in [-0.1, -0.05) is 11.6 Å². The summed E-state index contributed by atoms with van der Waals surface area (Å²) in [4.78, 5) is 6.30. The number of hydrogen-bond donors (Lipinski definition) is 2. The number of nitrogens with one attached hydrogen (secondary N) is 1. The summed E-state index contributed by atoms with van der Waals surface area (Å²) in [7, 11) is 0. The largest absolute Gasteiger partial charge is 0.451 e. The summed E-state index contributed by atoms with van der Waals surface area (Å²) in [5.41, 5.74) is 5.15. The van der Waals surface area contributed by atoms with Crippen LogP contribution >= 0.6 is 11.6 Å². The Morgan fingerprint density at radius 3 is 2.50 bits per heavy atom. The molecule has 1 heterocycles. The lowest BCUT2D eigenvalue weighted by Gasteiger charge is -2.10. The molecule has 9 heteroatoms. The molecule has 3 N–H and O–H groups in total. The molecule has 0 spiro atoms. The van der Waals surface area contributed by atoms with Gasteiger partial charge in [-0.15, -0.1) is 0 Å². The molecule has 0 radical (unpaired) electrons. The van der Waals surface area contributed by atoms with E-state index in [1.54, 1.807) is 0 Å². The number of aromatic nitrogens is 2. The Labute approximate surface area is 115 Å². The van der Waals surface area contributed by atoms with Crippen molar-refractivity contribution in [3.8, 4) is 0 Å². The van der Waals surface area contributed by atoms with Crippen molar-refractivity contribution in [2.75, 3.05) is 11.1 Å². The molecule has 0 bridgehead atoms. The summed E-state index contributed by atoms with van der Waals surface area (Å²) >= 11 is 5.67. The number of alkyl halides is 3. The molecular weight excluding hydrogens is 300 g/mol. The Bertz CT molecular complexity index is 645. The second-order valence-electron chi connectivity index (χ2n) is 3.75. The fourth-order valence-electron chi connectivity index (χ4n) is 1.39. The van der Waals surface area contributed by atoms with Gasteiger partial charge in [-0.3, -0.25) is 0 Å². The van der Waals surface area contributed by atoms with Crippen LogP contribution in [0.15, 0.2) is 24.3 Å². The Balaban J connectivity index is 2.39. The molecule has 0 atom stereocenters. The summed E-state index contributed by atoms with van der Waals surface area (Å²) in [6.07, 6.45) is -4.75. The lowest BCUT2D eigenvalue weighted by atomic mass is 10.3. The van der Waals surface area contributed by atoms with Crippen LogP contribution in [0.4, 0.5) is 34.9 Å². The fourth-order valence-corrected chi connectivity index (χ4v) is 1.56. The highest BCUT2D eigenvalue weighted by Crippen LogP contribution is 2.29. The summed E-state index contributed by atoms with van der Waals surface area (Å²) in [6.45, 7) is 0. The molecule has 1 aromatic carbocycles. The van der Waals surface area contributed by atoms with Crippen LogP contribution in [0.3, 0.4) is 0 Å². The molecular formula is C11H7ClF4N4. The molecule has 20 heavy (non-hydrogen) atoms. The van der Waals surface area contributed by atoms with Crippen molar-refractivity contribution in [2.45, 2.75) is 6.18 Å². The van der Waals surface area contributed by atoms with Crippen LogP contribution in [-0.2, 0) is 6.18 Å². The predicted octanol–water partition coefficient (Wildman–Crippen LogP) is 3.61. The van der Waals surface area contributed by atoms with Crippen LogP contribution in [0.1, 0.15) is 5.82 Å². The Hall–Kier alpha value is -2.09. The summed E-state index contributed by atoms with van der Waals surface area (Å²) in [5, 5.41) is 2.59. The van der Waals surface area contributed by atoms with Crippen molar-refractivity contribution >= 4 is 28.9 Å². The van der Waals surface area contributed by atoms with Gasteiger partial charge < -0.3 is 11.1 Å². The highest BCUT2D eigenvalue weighted by atomic mass is 35.5. The Morgan fingerprint density at radius 1 is 1.15 bits per heavy atom. The van der Waals surface area contributed by atoms with E-state index in [0.29, 0.717) is 0 Å². The lowest BCUT2D eigenvalue weighted by molar-refractivity contribution is -0.144. The van der Waals surface area contributed by atoms with Gasteiger partial charge in [0.25, 0.3) is 0 Å². The number of benzene rings is 1. The van der Waals surface area contributed by atoms with Crippen molar-refractivity contribution in [3.63, 3.8) is 0 Å². The minimum Gasteiger partial charge on any atom is -0.384 e. The highest BCUT2D eigenvalue weighted by molar-refractivity contribution is 6.30. The zero-order chi connectivity index (χ0) is 14.9. The quantitative estimate of drug-likeness (QED) is 0.832. The zero-order valence-corrected chi connectivity index (χ0v) is 10.4. The molecule has 0 fully saturated rings. The van der Waals surface area contributed by atoms with Crippen molar-refractivity contribution in [1.82, 2.24) is 9.97 Å². The van der Waals surface area contributed by atoms with E-state index in [4.69, 9.17) is 17.3 Å². The van der Waals surface area contributed by atoms with Crippen LogP contribution in [0, 0.1) is 5.82 Å². The van der Waals surface area contributed by atoms with Crippen LogP contribution in [0.2, 0.25) is 5.02 Å². The van der Waals surface area contributed by atoms with Gasteiger partial charge >= 0.3 is 6.18 Å². The maximum atomic E-state index is 13.5. The first-order valence-electron chi connectivity index (χ1n) is 5.19. The molecule has 2 aromatic rings. The fraction of sp³-hybridized carbons (Fsp3) is 0.0909. The third-order valence-corrected chi connectivity index (χ3v) is 2.43. The van der Waals surface area contributed by atoms with E-state index in [1.165, 1.54) is 12.1 Å². The predicted molar refractivity (Wildman–Crippen MR) is 66.1 cm³/mol. The molecule has 0 aliphatic rings. The summed E-state index contributed by atoms with van der Waals surface area (Å²) in [6, 6.07) is 4.63. The third kappa shape index (κ3) is 3.27. The van der Waals surface area contributed by atoms with E-state index in [2.05, 4.69) is 15.3 Å². The molecule has 0 aliphatic carbocycles. The monoisotopic (exact) mass is 306 g/mol. The molecule has 0 saturated heterocycles. The number of anilines is 3. The molecule has 0 amide bonds. The zero-order valence-electron chi connectivity index (χ0n) is 9.67. The van der Waals surface area contributed by atoms with Crippen molar-refractivity contribution < 1.29 is 17.6 Å².